The first kappa shape index (κ1) is 10.0. The van der Waals surface area contributed by atoms with Crippen LogP contribution in [0.4, 0.5) is 4.39 Å². The third-order valence-corrected chi connectivity index (χ3v) is 2.04. The molecule has 0 saturated carbocycles. The molecule has 0 bridgehead atoms. The second kappa shape index (κ2) is 2.97. The highest BCUT2D eigenvalue weighted by Gasteiger charge is 2.48. The van der Waals surface area contributed by atoms with Crippen LogP contribution in [0, 0.1) is 0 Å². The lowest BCUT2D eigenvalue weighted by Crippen LogP contribution is -2.33. The minimum absolute atomic E-state index is 0.995. The molecule has 0 aromatic rings. The first-order valence-electron chi connectivity index (χ1n) is 1.81. The van der Waals surface area contributed by atoms with Gasteiger partial charge in [0.1, 0.15) is 0 Å². The van der Waals surface area contributed by atoms with Gasteiger partial charge in [0.2, 0.25) is 0 Å². The van der Waals surface area contributed by atoms with Crippen molar-refractivity contribution in [1.29, 1.82) is 0 Å². The van der Waals surface area contributed by atoms with Crippen LogP contribution in [0.15, 0.2) is 0 Å². The maximum absolute atomic E-state index is 12.5. The Hall–Kier alpha value is 1.05. The van der Waals surface area contributed by atoms with E-state index in [-0.39, 0.29) is 0 Å². The normalized spacial score (nSPS) is 19.3. The van der Waals surface area contributed by atoms with E-state index in [0.717, 1.165) is 7.11 Å². The number of alkyl halides is 5. The molecule has 0 N–H and O–H groups in total. The van der Waals surface area contributed by atoms with Crippen LogP contribution in [0.25, 0.3) is 0 Å². The zero-order valence-electron chi connectivity index (χ0n) is 4.30. The van der Waals surface area contributed by atoms with Gasteiger partial charge in [-0.15, -0.1) is 0 Å². The van der Waals surface area contributed by atoms with Crippen LogP contribution in [0.1, 0.15) is 0 Å². The van der Waals surface area contributed by atoms with Crippen molar-refractivity contribution in [1.82, 2.24) is 0 Å². The largest absolute Gasteiger partial charge is 0.334 e. The van der Waals surface area contributed by atoms with E-state index in [4.69, 9.17) is 46.4 Å². The van der Waals surface area contributed by atoms with E-state index in [9.17, 15) is 4.39 Å². The SMILES string of the molecule is CO[C@](F)(Cl)C(Cl)(Cl)Cl. The molecule has 0 aliphatic carbocycles. The van der Waals surface area contributed by atoms with Gasteiger partial charge in [-0.3, -0.25) is 0 Å². The first-order chi connectivity index (χ1) is 3.81. The maximum Gasteiger partial charge on any atom is 0.333 e. The molecule has 0 aliphatic heterocycles. The molecule has 1 atom stereocenters. The van der Waals surface area contributed by atoms with Crippen molar-refractivity contribution in [3.8, 4) is 0 Å². The van der Waals surface area contributed by atoms with E-state index in [1.54, 1.807) is 0 Å². The molecule has 0 saturated heterocycles. The fourth-order valence-corrected chi connectivity index (χ4v) is 0.347. The summed E-state index contributed by atoms with van der Waals surface area (Å²) in [5.74, 6) is 0. The first-order valence-corrected chi connectivity index (χ1v) is 3.32. The Bertz CT molecular complexity index is 98.5. The van der Waals surface area contributed by atoms with E-state index in [1.807, 2.05) is 0 Å². The van der Waals surface area contributed by atoms with E-state index in [2.05, 4.69) is 4.74 Å². The van der Waals surface area contributed by atoms with Gasteiger partial charge in [-0.05, 0) is 11.6 Å². The highest BCUT2D eigenvalue weighted by atomic mass is 35.6. The summed E-state index contributed by atoms with van der Waals surface area (Å²) < 4.78 is 14.2. The Kier molecular flexibility index (Phi) is 3.32. The maximum atomic E-state index is 12.5. The Morgan fingerprint density at radius 3 is 1.56 bits per heavy atom. The lowest BCUT2D eigenvalue weighted by atomic mass is 10.7. The molecule has 1 nitrogen and oxygen atoms in total. The molecule has 0 spiro atoms. The third kappa shape index (κ3) is 2.64. The van der Waals surface area contributed by atoms with Crippen LogP contribution in [0.3, 0.4) is 0 Å². The van der Waals surface area contributed by atoms with Crippen molar-refractivity contribution >= 4 is 46.4 Å². The van der Waals surface area contributed by atoms with Crippen molar-refractivity contribution < 1.29 is 9.13 Å². The van der Waals surface area contributed by atoms with Gasteiger partial charge in [-0.25, -0.2) is 0 Å². The molecule has 0 fully saturated rings. The average Bonchev–Trinajstić information content (AvgIpc) is 1.64. The zero-order valence-corrected chi connectivity index (χ0v) is 7.32. The Balaban J connectivity index is 4.14. The van der Waals surface area contributed by atoms with Crippen molar-refractivity contribution in [3.63, 3.8) is 0 Å². The lowest BCUT2D eigenvalue weighted by Gasteiger charge is -2.22. The van der Waals surface area contributed by atoms with Gasteiger partial charge in [0.25, 0.3) is 3.79 Å². The van der Waals surface area contributed by atoms with Crippen molar-refractivity contribution in [2.75, 3.05) is 7.11 Å². The van der Waals surface area contributed by atoms with Crippen LogP contribution in [0.2, 0.25) is 0 Å². The van der Waals surface area contributed by atoms with Crippen LogP contribution in [-0.4, -0.2) is 16.2 Å². The highest BCUT2D eigenvalue weighted by Crippen LogP contribution is 2.44. The van der Waals surface area contributed by atoms with Crippen molar-refractivity contribution in [2.45, 2.75) is 9.11 Å². The summed E-state index contributed by atoms with van der Waals surface area (Å²) in [6.45, 7) is 0. The van der Waals surface area contributed by atoms with Gasteiger partial charge in [0.05, 0.1) is 0 Å². The molecular weight excluding hydrogens is 213 g/mol. The standard InChI is InChI=1S/C3H3Cl4FO/c1-9-3(7,8)2(4,5)6/h1H3/t3-/m0/s1. The number of rotatable bonds is 1. The predicted octanol–water partition coefficient (Wildman–Crippen LogP) is 2.87. The van der Waals surface area contributed by atoms with Gasteiger partial charge in [-0.2, -0.15) is 4.39 Å². The van der Waals surface area contributed by atoms with Gasteiger partial charge in [-0.1, -0.05) is 34.8 Å². The van der Waals surface area contributed by atoms with Gasteiger partial charge >= 0.3 is 5.31 Å². The monoisotopic (exact) mass is 214 g/mol. The molecule has 0 rings (SSSR count). The number of halogens is 5. The Labute approximate surface area is 72.0 Å². The Morgan fingerprint density at radius 1 is 1.22 bits per heavy atom. The number of hydrogen-bond acceptors (Lipinski definition) is 1. The molecule has 0 unspecified atom stereocenters. The minimum Gasteiger partial charge on any atom is -0.334 e. The molecule has 0 aromatic heterocycles. The summed E-state index contributed by atoms with van der Waals surface area (Å²) in [6, 6.07) is 0. The van der Waals surface area contributed by atoms with Gasteiger partial charge in [0.15, 0.2) is 0 Å². The van der Waals surface area contributed by atoms with Gasteiger partial charge < -0.3 is 4.74 Å². The molecule has 56 valence electrons. The van der Waals surface area contributed by atoms with Crippen LogP contribution < -0.4 is 0 Å². The van der Waals surface area contributed by atoms with E-state index < -0.39 is 9.11 Å². The fourth-order valence-electron chi connectivity index (χ4n) is 0.116. The van der Waals surface area contributed by atoms with Crippen molar-refractivity contribution in [3.05, 3.63) is 0 Å². The molecular formula is C3H3Cl4FO. The summed E-state index contributed by atoms with van der Waals surface area (Å²) in [6.07, 6.45) is 0. The van der Waals surface area contributed by atoms with E-state index in [1.165, 1.54) is 0 Å². The fraction of sp³-hybridized carbons (Fsp3) is 1.00. The second-order valence-electron chi connectivity index (χ2n) is 1.22. The summed E-state index contributed by atoms with van der Waals surface area (Å²) >= 11 is 20.0. The van der Waals surface area contributed by atoms with Crippen LogP contribution in [0.5, 0.6) is 0 Å². The average molecular weight is 216 g/mol. The topological polar surface area (TPSA) is 9.23 Å². The summed E-state index contributed by atoms with van der Waals surface area (Å²) in [5.41, 5.74) is 0. The molecule has 0 aromatic carbocycles. The molecule has 6 heteroatoms. The van der Waals surface area contributed by atoms with E-state index in [0.29, 0.717) is 0 Å². The summed E-state index contributed by atoms with van der Waals surface area (Å²) in [5, 5.41) is -2.75. The van der Waals surface area contributed by atoms with Crippen LogP contribution >= 0.6 is 46.4 Å². The molecule has 0 radical (unpaired) electrons. The summed E-state index contributed by atoms with van der Waals surface area (Å²) in [4.78, 5) is 0. The van der Waals surface area contributed by atoms with Crippen molar-refractivity contribution in [2.24, 2.45) is 0 Å². The summed E-state index contributed by atoms with van der Waals surface area (Å²) in [7, 11) is 0.995. The molecule has 0 aliphatic rings. The Morgan fingerprint density at radius 2 is 1.56 bits per heavy atom. The smallest absolute Gasteiger partial charge is 0.333 e. The minimum atomic E-state index is -2.75. The zero-order chi connectivity index (χ0) is 7.71. The third-order valence-electron chi connectivity index (χ3n) is 0.586. The quantitative estimate of drug-likeness (QED) is 0.612. The van der Waals surface area contributed by atoms with Crippen LogP contribution in [-0.2, 0) is 4.74 Å². The highest BCUT2D eigenvalue weighted by molar-refractivity contribution is 6.70. The van der Waals surface area contributed by atoms with Gasteiger partial charge in [0, 0.05) is 7.11 Å². The lowest BCUT2D eigenvalue weighted by molar-refractivity contribution is -0.0429. The number of methoxy groups -OCH3 is 1. The number of ether oxygens (including phenoxy) is 1. The second-order valence-corrected chi connectivity index (χ2v) is 3.99. The predicted molar refractivity (Wildman–Crippen MR) is 37.0 cm³/mol. The van der Waals surface area contributed by atoms with E-state index >= 15 is 0 Å². The molecule has 0 amide bonds. The molecule has 0 heterocycles. The molecule has 9 heavy (non-hydrogen) atoms. The number of hydrogen-bond donors (Lipinski definition) is 0.